The Morgan fingerprint density at radius 2 is 1.33 bits per heavy atom. The Morgan fingerprint density at radius 3 is 1.80 bits per heavy atom. The van der Waals surface area contributed by atoms with E-state index in [2.05, 4.69) is 5.32 Å². The number of benzene rings is 2. The molecule has 3 rings (SSSR count). The largest absolute Gasteiger partial charge is 0.458 e. The molecule has 1 N–H and O–H groups in total. The molecule has 0 unspecified atom stereocenters. The van der Waals surface area contributed by atoms with Crippen LogP contribution in [0.1, 0.15) is 29.5 Å². The molecule has 3 radical (unpaired) electrons. The van der Waals surface area contributed by atoms with Crippen LogP contribution in [0.4, 0.5) is 26.3 Å². The van der Waals surface area contributed by atoms with Crippen molar-refractivity contribution in [2.45, 2.75) is 37.9 Å². The smallest absolute Gasteiger partial charge is 0.381 e. The molecule has 0 spiro atoms. The van der Waals surface area contributed by atoms with Crippen LogP contribution >= 0.6 is 0 Å². The third-order valence-electron chi connectivity index (χ3n) is 4.33. The van der Waals surface area contributed by atoms with Crippen molar-refractivity contribution in [2.75, 3.05) is 19.8 Å². The fourth-order valence-electron chi connectivity index (χ4n) is 2.62. The van der Waals surface area contributed by atoms with Gasteiger partial charge in [0.15, 0.2) is 0 Å². The summed E-state index contributed by atoms with van der Waals surface area (Å²) in [4.78, 5) is 0. The van der Waals surface area contributed by atoms with Gasteiger partial charge in [-0.15, -0.1) is 0 Å². The molecule has 1 aliphatic heterocycles. The lowest BCUT2D eigenvalue weighted by Crippen LogP contribution is -2.33. The van der Waals surface area contributed by atoms with Crippen LogP contribution in [0.25, 0.3) is 0 Å². The lowest BCUT2D eigenvalue weighted by atomic mass is 10.1. The van der Waals surface area contributed by atoms with Gasteiger partial charge in [-0.1, -0.05) is 36.4 Å². The Bertz CT molecular complexity index is 723. The molecule has 0 saturated carbocycles. The summed E-state index contributed by atoms with van der Waals surface area (Å²) in [5.41, 5.74) is 0.449. The van der Waals surface area contributed by atoms with E-state index < -0.39 is 17.7 Å². The van der Waals surface area contributed by atoms with Crippen LogP contribution < -0.4 is 5.32 Å². The molecule has 0 bridgehead atoms. The second-order valence-electron chi connectivity index (χ2n) is 6.64. The van der Waals surface area contributed by atoms with E-state index >= 15 is 0 Å². The van der Waals surface area contributed by atoms with Crippen molar-refractivity contribution >= 4 is 8.41 Å². The van der Waals surface area contributed by atoms with E-state index in [1.807, 2.05) is 0 Å². The SMILES string of the molecule is C1CCOC1.Fc1ccc(CCNCc2ccc(C(F)(F)C(F)(F)F)cc2)cc1.[B]. The highest BCUT2D eigenvalue weighted by atomic mass is 19.4. The van der Waals surface area contributed by atoms with Crippen LogP contribution in [-0.4, -0.2) is 34.3 Å². The van der Waals surface area contributed by atoms with Gasteiger partial charge in [0.05, 0.1) is 0 Å². The minimum Gasteiger partial charge on any atom is -0.381 e. The van der Waals surface area contributed by atoms with Crippen LogP contribution in [0.3, 0.4) is 0 Å². The third kappa shape index (κ3) is 8.03. The molecule has 1 saturated heterocycles. The molecule has 1 fully saturated rings. The maximum atomic E-state index is 13.1. The molecule has 0 aliphatic carbocycles. The summed E-state index contributed by atoms with van der Waals surface area (Å²) in [6, 6.07) is 10.1. The predicted octanol–water partition coefficient (Wildman–Crippen LogP) is 5.23. The quantitative estimate of drug-likeness (QED) is 0.385. The van der Waals surface area contributed by atoms with E-state index in [1.165, 1.54) is 37.1 Å². The second-order valence-corrected chi connectivity index (χ2v) is 6.64. The molecule has 2 nitrogen and oxygen atoms in total. The summed E-state index contributed by atoms with van der Waals surface area (Å²) >= 11 is 0. The van der Waals surface area contributed by atoms with Crippen molar-refractivity contribution in [3.63, 3.8) is 0 Å². The van der Waals surface area contributed by atoms with Crippen molar-refractivity contribution < 1.29 is 31.1 Å². The number of halogens is 6. The van der Waals surface area contributed by atoms with Crippen LogP contribution in [0.2, 0.25) is 0 Å². The summed E-state index contributed by atoms with van der Waals surface area (Å²) in [5.74, 6) is -5.18. The number of nitrogens with one attached hydrogen (secondary N) is 1. The molecule has 0 aromatic heterocycles. The summed E-state index contributed by atoms with van der Waals surface area (Å²) in [6.45, 7) is 2.89. The Kier molecular flexibility index (Phi) is 10.4. The maximum absolute atomic E-state index is 13.1. The summed E-state index contributed by atoms with van der Waals surface area (Å²) in [6.07, 6.45) is -2.41. The van der Waals surface area contributed by atoms with Crippen molar-refractivity contribution in [1.82, 2.24) is 5.32 Å². The first-order valence-corrected chi connectivity index (χ1v) is 9.27. The fourth-order valence-corrected chi connectivity index (χ4v) is 2.62. The molecule has 1 heterocycles. The fraction of sp³-hybridized carbons (Fsp3) is 0.429. The standard InChI is InChI=1S/C17H15F6N.C4H8O.B/c18-15-7-3-12(4-8-15)9-10-24-11-13-1-5-14(6-2-13)16(19,20)17(21,22)23;1-2-4-5-3-1;/h1-8,24H,9-11H2;1-4H2;. The zero-order valence-corrected chi connectivity index (χ0v) is 16.3. The zero-order valence-electron chi connectivity index (χ0n) is 16.3. The normalized spacial score (nSPS) is 13.9. The van der Waals surface area contributed by atoms with Crippen LogP contribution in [-0.2, 0) is 23.6 Å². The Morgan fingerprint density at radius 1 is 0.800 bits per heavy atom. The highest BCUT2D eigenvalue weighted by Crippen LogP contribution is 2.43. The second kappa shape index (κ2) is 12.0. The average Bonchev–Trinajstić information content (AvgIpc) is 3.26. The molecule has 0 atom stereocenters. The van der Waals surface area contributed by atoms with Gasteiger partial charge in [-0.2, -0.15) is 22.0 Å². The van der Waals surface area contributed by atoms with Gasteiger partial charge in [-0.05, 0) is 49.1 Å². The van der Waals surface area contributed by atoms with Crippen molar-refractivity contribution in [1.29, 1.82) is 0 Å². The van der Waals surface area contributed by atoms with Gasteiger partial charge in [-0.25, -0.2) is 4.39 Å². The number of hydrogen-bond acceptors (Lipinski definition) is 2. The van der Waals surface area contributed by atoms with E-state index in [-0.39, 0.29) is 14.2 Å². The number of ether oxygens (including phenoxy) is 1. The minimum absolute atomic E-state index is 0. The van der Waals surface area contributed by atoms with Gasteiger partial charge in [0, 0.05) is 33.7 Å². The first-order valence-electron chi connectivity index (χ1n) is 9.27. The number of rotatable bonds is 6. The minimum atomic E-state index is -5.61. The van der Waals surface area contributed by atoms with E-state index in [0.717, 1.165) is 30.9 Å². The van der Waals surface area contributed by atoms with Crippen LogP contribution in [0.5, 0.6) is 0 Å². The summed E-state index contributed by atoms with van der Waals surface area (Å²) in [5, 5.41) is 3.05. The Balaban J connectivity index is 0.000000655. The van der Waals surface area contributed by atoms with E-state index in [4.69, 9.17) is 4.74 Å². The molecule has 0 amide bonds. The molecule has 1 aliphatic rings. The predicted molar refractivity (Wildman–Crippen MR) is 104 cm³/mol. The van der Waals surface area contributed by atoms with Gasteiger partial charge < -0.3 is 10.1 Å². The zero-order chi connectivity index (χ0) is 21.3. The molecule has 30 heavy (non-hydrogen) atoms. The highest BCUT2D eigenvalue weighted by molar-refractivity contribution is 5.75. The van der Waals surface area contributed by atoms with Gasteiger partial charge in [-0.3, -0.25) is 0 Å². The van der Waals surface area contributed by atoms with Crippen molar-refractivity contribution in [2.24, 2.45) is 0 Å². The molecular formula is C21H23BF6NO. The van der Waals surface area contributed by atoms with Gasteiger partial charge in [0.1, 0.15) is 5.82 Å². The first-order chi connectivity index (χ1) is 13.7. The Labute approximate surface area is 174 Å². The van der Waals surface area contributed by atoms with Gasteiger partial charge in [0.25, 0.3) is 0 Å². The lowest BCUT2D eigenvalue weighted by molar-refractivity contribution is -0.289. The van der Waals surface area contributed by atoms with E-state index in [0.29, 0.717) is 25.1 Å². The topological polar surface area (TPSA) is 21.3 Å². The average molecular weight is 430 g/mol. The van der Waals surface area contributed by atoms with Gasteiger partial charge in [0.2, 0.25) is 0 Å². The third-order valence-corrected chi connectivity index (χ3v) is 4.33. The monoisotopic (exact) mass is 430 g/mol. The molecule has 9 heteroatoms. The van der Waals surface area contributed by atoms with Crippen molar-refractivity contribution in [3.05, 3.63) is 71.0 Å². The van der Waals surface area contributed by atoms with E-state index in [9.17, 15) is 26.3 Å². The Hall–Kier alpha value is -2.00. The summed E-state index contributed by atoms with van der Waals surface area (Å²) < 4.78 is 80.8. The number of alkyl halides is 5. The number of hydrogen-bond donors (Lipinski definition) is 1. The van der Waals surface area contributed by atoms with E-state index in [1.54, 1.807) is 12.1 Å². The van der Waals surface area contributed by atoms with Gasteiger partial charge >= 0.3 is 12.1 Å². The highest BCUT2D eigenvalue weighted by Gasteiger charge is 2.58. The summed E-state index contributed by atoms with van der Waals surface area (Å²) in [7, 11) is 0. The molecule has 163 valence electrons. The maximum Gasteiger partial charge on any atom is 0.458 e. The first kappa shape index (κ1) is 26.0. The lowest BCUT2D eigenvalue weighted by Gasteiger charge is -2.20. The molecule has 2 aromatic carbocycles. The van der Waals surface area contributed by atoms with Crippen LogP contribution in [0.15, 0.2) is 48.5 Å². The molecular weight excluding hydrogens is 407 g/mol. The molecule has 2 aromatic rings. The van der Waals surface area contributed by atoms with Crippen molar-refractivity contribution in [3.8, 4) is 0 Å². The van der Waals surface area contributed by atoms with Crippen LogP contribution in [0, 0.1) is 5.82 Å².